The van der Waals surface area contributed by atoms with Crippen molar-refractivity contribution in [3.8, 4) is 22.5 Å². The molecule has 0 atom stereocenters. The molecule has 0 aliphatic heterocycles. The van der Waals surface area contributed by atoms with Crippen molar-refractivity contribution in [2.45, 2.75) is 0 Å². The fourth-order valence-corrected chi connectivity index (χ4v) is 7.95. The lowest BCUT2D eigenvalue weighted by atomic mass is 9.96. The van der Waals surface area contributed by atoms with E-state index in [9.17, 15) is 0 Å². The van der Waals surface area contributed by atoms with Gasteiger partial charge in [-0.15, -0.1) is 10.2 Å². The minimum Gasteiger partial charge on any atom is -0.309 e. The van der Waals surface area contributed by atoms with Gasteiger partial charge in [-0.25, -0.2) is 0 Å². The van der Waals surface area contributed by atoms with Gasteiger partial charge in [0.2, 0.25) is 0 Å². The summed E-state index contributed by atoms with van der Waals surface area (Å²) in [5.41, 5.74) is 8.62. The molecule has 0 N–H and O–H groups in total. The molecular formula is C46H28N4. The first kappa shape index (κ1) is 27.2. The third-order valence-electron chi connectivity index (χ3n) is 10.3. The van der Waals surface area contributed by atoms with Crippen LogP contribution in [0, 0.1) is 0 Å². The Kier molecular flexibility index (Phi) is 5.63. The largest absolute Gasteiger partial charge is 0.309 e. The summed E-state index contributed by atoms with van der Waals surface area (Å²) in [5.74, 6) is 0. The van der Waals surface area contributed by atoms with E-state index in [1.54, 1.807) is 4.80 Å². The van der Waals surface area contributed by atoms with Gasteiger partial charge in [-0.05, 0) is 103 Å². The summed E-state index contributed by atoms with van der Waals surface area (Å²) in [6.07, 6.45) is 0. The first-order chi connectivity index (χ1) is 24.8. The van der Waals surface area contributed by atoms with Gasteiger partial charge < -0.3 is 4.57 Å². The lowest BCUT2D eigenvalue weighted by molar-refractivity contribution is 0.766. The molecule has 4 heteroatoms. The van der Waals surface area contributed by atoms with Crippen molar-refractivity contribution in [1.82, 2.24) is 19.6 Å². The molecule has 0 aliphatic rings. The number of hydrogen-bond acceptors (Lipinski definition) is 2. The molecule has 0 bridgehead atoms. The Balaban J connectivity index is 1.14. The van der Waals surface area contributed by atoms with Crippen LogP contribution in [0.25, 0.3) is 98.4 Å². The second-order valence-electron chi connectivity index (χ2n) is 13.1. The van der Waals surface area contributed by atoms with E-state index < -0.39 is 0 Å². The van der Waals surface area contributed by atoms with E-state index in [1.165, 1.54) is 54.1 Å². The van der Waals surface area contributed by atoms with Crippen molar-refractivity contribution < 1.29 is 0 Å². The van der Waals surface area contributed by atoms with Crippen LogP contribution >= 0.6 is 0 Å². The van der Waals surface area contributed by atoms with Crippen LogP contribution in [0.3, 0.4) is 0 Å². The van der Waals surface area contributed by atoms with Crippen LogP contribution in [-0.4, -0.2) is 19.6 Å². The summed E-state index contributed by atoms with van der Waals surface area (Å²) >= 11 is 0. The van der Waals surface area contributed by atoms with Gasteiger partial charge in [0.05, 0.1) is 16.7 Å². The molecule has 0 radical (unpaired) electrons. The molecular weight excluding hydrogens is 609 g/mol. The van der Waals surface area contributed by atoms with Gasteiger partial charge in [0.25, 0.3) is 0 Å². The maximum atomic E-state index is 5.01. The summed E-state index contributed by atoms with van der Waals surface area (Å²) < 4.78 is 2.44. The zero-order valence-electron chi connectivity index (χ0n) is 27.0. The molecule has 0 aliphatic carbocycles. The van der Waals surface area contributed by atoms with Gasteiger partial charge >= 0.3 is 0 Å². The van der Waals surface area contributed by atoms with Gasteiger partial charge in [-0.2, -0.15) is 4.80 Å². The molecule has 0 saturated heterocycles. The average Bonchev–Trinajstić information content (AvgIpc) is 3.76. The maximum Gasteiger partial charge on any atom is 0.122 e. The first-order valence-corrected chi connectivity index (χ1v) is 17.0. The fraction of sp³-hybridized carbons (Fsp3) is 0. The molecule has 0 unspecified atom stereocenters. The van der Waals surface area contributed by atoms with Gasteiger partial charge in [0, 0.05) is 21.8 Å². The maximum absolute atomic E-state index is 5.01. The molecule has 0 saturated carbocycles. The van der Waals surface area contributed by atoms with Crippen LogP contribution in [0.5, 0.6) is 0 Å². The molecule has 11 rings (SSSR count). The number of rotatable bonds is 3. The molecule has 0 spiro atoms. The highest BCUT2D eigenvalue weighted by molar-refractivity contribution is 6.23. The zero-order valence-corrected chi connectivity index (χ0v) is 27.0. The second-order valence-corrected chi connectivity index (χ2v) is 13.1. The van der Waals surface area contributed by atoms with Crippen LogP contribution in [0.1, 0.15) is 0 Å². The number of fused-ring (bicyclic) bond motifs is 11. The first-order valence-electron chi connectivity index (χ1n) is 17.0. The number of aromatic nitrogens is 4. The van der Waals surface area contributed by atoms with Gasteiger partial charge in [0.1, 0.15) is 11.0 Å². The average molecular weight is 637 g/mol. The van der Waals surface area contributed by atoms with E-state index in [-0.39, 0.29) is 0 Å². The van der Waals surface area contributed by atoms with E-state index in [2.05, 4.69) is 144 Å². The molecule has 9 aromatic carbocycles. The Labute approximate surface area is 287 Å². The van der Waals surface area contributed by atoms with Crippen LogP contribution in [0.15, 0.2) is 170 Å². The quantitative estimate of drug-likeness (QED) is 0.181. The number of benzene rings is 9. The van der Waals surface area contributed by atoms with E-state index in [0.717, 1.165) is 44.3 Å². The molecule has 0 fully saturated rings. The smallest absolute Gasteiger partial charge is 0.122 e. The van der Waals surface area contributed by atoms with Crippen LogP contribution in [-0.2, 0) is 0 Å². The predicted octanol–water partition coefficient (Wildman–Crippen LogP) is 11.8. The topological polar surface area (TPSA) is 35.6 Å². The molecule has 232 valence electrons. The summed E-state index contributed by atoms with van der Waals surface area (Å²) in [4.78, 5) is 1.74. The summed E-state index contributed by atoms with van der Waals surface area (Å²) in [6, 6.07) is 61.1. The van der Waals surface area contributed by atoms with Crippen molar-refractivity contribution in [1.29, 1.82) is 0 Å². The van der Waals surface area contributed by atoms with Crippen molar-refractivity contribution in [2.75, 3.05) is 0 Å². The highest BCUT2D eigenvalue weighted by Crippen LogP contribution is 2.40. The highest BCUT2D eigenvalue weighted by atomic mass is 15.5. The molecule has 50 heavy (non-hydrogen) atoms. The summed E-state index contributed by atoms with van der Waals surface area (Å²) in [7, 11) is 0. The van der Waals surface area contributed by atoms with Crippen molar-refractivity contribution in [2.24, 2.45) is 0 Å². The fourth-order valence-electron chi connectivity index (χ4n) is 7.95. The van der Waals surface area contributed by atoms with Gasteiger partial charge in [-0.1, -0.05) is 115 Å². The number of hydrogen-bond donors (Lipinski definition) is 0. The standard InChI is InChI=1S/C46H28N4/c1-2-13-36(14-3-1)50-47-41-23-21-31-19-17-30-18-20-35(26-39(30)44(31)46(41)48-50)32-12-8-15-37(25-32)49-42-24-22-29-9-6-7-16-38(29)45(42)40-27-33-10-4-5-11-34(33)28-43(40)49/h1-28H. The van der Waals surface area contributed by atoms with Crippen molar-refractivity contribution in [3.63, 3.8) is 0 Å². The Hall–Kier alpha value is -6.78. The molecule has 0 amide bonds. The van der Waals surface area contributed by atoms with Gasteiger partial charge in [-0.3, -0.25) is 0 Å². The number of para-hydroxylation sites is 1. The lowest BCUT2D eigenvalue weighted by Gasteiger charge is -2.12. The number of nitrogens with zero attached hydrogens (tertiary/aromatic N) is 4. The van der Waals surface area contributed by atoms with Crippen LogP contribution < -0.4 is 0 Å². The Morgan fingerprint density at radius 3 is 1.94 bits per heavy atom. The summed E-state index contributed by atoms with van der Waals surface area (Å²) in [5, 5.41) is 22.1. The molecule has 2 heterocycles. The van der Waals surface area contributed by atoms with E-state index >= 15 is 0 Å². The van der Waals surface area contributed by atoms with E-state index in [1.807, 2.05) is 30.3 Å². The third kappa shape index (κ3) is 3.99. The van der Waals surface area contributed by atoms with Crippen LogP contribution in [0.4, 0.5) is 0 Å². The van der Waals surface area contributed by atoms with E-state index in [0.29, 0.717) is 0 Å². The Morgan fingerprint density at radius 1 is 0.360 bits per heavy atom. The SMILES string of the molecule is c1ccc(-n2nc3ccc4ccc5ccc(-c6cccc(-n7c8cc9ccccc9cc8c8c9ccccc9ccc87)c6)cc5c4c3n2)cc1. The third-order valence-corrected chi connectivity index (χ3v) is 10.3. The molecule has 4 nitrogen and oxygen atoms in total. The molecule has 2 aromatic heterocycles. The Morgan fingerprint density at radius 2 is 1.04 bits per heavy atom. The monoisotopic (exact) mass is 636 g/mol. The van der Waals surface area contributed by atoms with Crippen molar-refractivity contribution in [3.05, 3.63) is 170 Å². The van der Waals surface area contributed by atoms with Crippen LogP contribution in [0.2, 0.25) is 0 Å². The van der Waals surface area contributed by atoms with E-state index in [4.69, 9.17) is 10.2 Å². The minimum absolute atomic E-state index is 0.882. The Bertz CT molecular complexity index is 3150. The zero-order chi connectivity index (χ0) is 32.8. The predicted molar refractivity (Wildman–Crippen MR) is 209 cm³/mol. The highest BCUT2D eigenvalue weighted by Gasteiger charge is 2.17. The minimum atomic E-state index is 0.882. The summed E-state index contributed by atoms with van der Waals surface area (Å²) in [6.45, 7) is 0. The van der Waals surface area contributed by atoms with Crippen molar-refractivity contribution >= 4 is 75.9 Å². The normalized spacial score (nSPS) is 12.0. The lowest BCUT2D eigenvalue weighted by Crippen LogP contribution is -1.97. The second kappa shape index (κ2) is 10.4. The van der Waals surface area contributed by atoms with Gasteiger partial charge in [0.15, 0.2) is 0 Å². The molecule has 11 aromatic rings.